The van der Waals surface area contributed by atoms with Gasteiger partial charge >= 0.3 is 11.1 Å². The molecule has 10 heavy (non-hydrogen) atoms. The fraction of sp³-hybridized carbons (Fsp3) is 0. The van der Waals surface area contributed by atoms with Gasteiger partial charge in [-0.15, -0.1) is 0 Å². The number of hydrogen-bond acceptors (Lipinski definition) is 5. The zero-order valence-electron chi connectivity index (χ0n) is 4.89. The van der Waals surface area contributed by atoms with Crippen molar-refractivity contribution in [3.05, 3.63) is 33.4 Å². The molecule has 0 aliphatic carbocycles. The molecule has 6 heteroatoms. The van der Waals surface area contributed by atoms with Gasteiger partial charge < -0.3 is 5.84 Å². The van der Waals surface area contributed by atoms with Gasteiger partial charge in [-0.25, -0.2) is 4.68 Å². The van der Waals surface area contributed by atoms with Crippen LogP contribution in [0.1, 0.15) is 0 Å². The Kier molecular flexibility index (Phi) is 1.44. The van der Waals surface area contributed by atoms with E-state index in [-0.39, 0.29) is 0 Å². The van der Waals surface area contributed by atoms with Crippen molar-refractivity contribution in [2.45, 2.75) is 0 Å². The number of nitrogens with two attached hydrogens (primary N) is 1. The maximum Gasteiger partial charge on any atom is 0.338 e. The molecule has 0 aliphatic rings. The van der Waals surface area contributed by atoms with Gasteiger partial charge in [0.15, 0.2) is 0 Å². The van der Waals surface area contributed by atoms with Crippen LogP contribution in [0, 0.1) is 0 Å². The highest BCUT2D eigenvalue weighted by Crippen LogP contribution is 1.56. The molecule has 0 aromatic carbocycles. The number of hydrogen-bond donors (Lipinski definition) is 1. The van der Waals surface area contributed by atoms with E-state index in [0.29, 0.717) is 0 Å². The highest BCUT2D eigenvalue weighted by molar-refractivity contribution is 4.71. The third-order valence-electron chi connectivity index (χ3n) is 0.800. The minimum Gasteiger partial charge on any atom is -0.337 e. The van der Waals surface area contributed by atoms with Gasteiger partial charge in [0.25, 0.3) is 0 Å². The number of nitrogen functional groups attached to an aromatic ring is 1. The van der Waals surface area contributed by atoms with Crippen LogP contribution in [0.25, 0.3) is 0 Å². The molecule has 0 saturated carbocycles. The quantitative estimate of drug-likeness (QED) is 0.323. The molecule has 1 rings (SSSR count). The molecule has 0 spiro atoms. The summed E-state index contributed by atoms with van der Waals surface area (Å²) in [5, 5.41) is 0. The van der Waals surface area contributed by atoms with Crippen molar-refractivity contribution >= 4 is 0 Å². The second-order valence-corrected chi connectivity index (χ2v) is 1.55. The van der Waals surface area contributed by atoms with Crippen LogP contribution in [0.2, 0.25) is 0 Å². The van der Waals surface area contributed by atoms with Crippen LogP contribution in [0.15, 0.2) is 22.2 Å². The van der Waals surface area contributed by atoms with Gasteiger partial charge in [0, 0.05) is 0 Å². The number of rotatable bonds is 0. The van der Waals surface area contributed by atoms with Crippen molar-refractivity contribution in [3.8, 4) is 0 Å². The highest BCUT2D eigenvalue weighted by Gasteiger charge is 1.88. The molecule has 1 heterocycles. The Morgan fingerprint density at radius 1 is 1.20 bits per heavy atom. The maximum atomic E-state index is 10.4. The lowest BCUT2D eigenvalue weighted by atomic mass is 10.8. The monoisotopic (exact) mass is 140 g/mol. The van der Waals surface area contributed by atoms with Crippen LogP contribution in [0.5, 0.6) is 0 Å². The molecule has 0 saturated heterocycles. The van der Waals surface area contributed by atoms with Gasteiger partial charge in [-0.3, -0.25) is 9.59 Å². The second-order valence-electron chi connectivity index (χ2n) is 1.55. The Labute approximate surface area is 54.9 Å². The van der Waals surface area contributed by atoms with Crippen molar-refractivity contribution in [2.24, 2.45) is 0 Å². The summed E-state index contributed by atoms with van der Waals surface area (Å²) >= 11 is 0. The predicted molar refractivity (Wildman–Crippen MR) is 32.7 cm³/mol. The van der Waals surface area contributed by atoms with Gasteiger partial charge in [-0.2, -0.15) is 9.97 Å². The number of aromatic nitrogens is 3. The minimum atomic E-state index is -0.913. The van der Waals surface area contributed by atoms with E-state index in [4.69, 9.17) is 5.84 Å². The van der Waals surface area contributed by atoms with Crippen LogP contribution in [-0.4, -0.2) is 14.6 Å². The lowest BCUT2D eigenvalue weighted by Gasteiger charge is -1.82. The Hall–Kier alpha value is -1.72. The summed E-state index contributed by atoms with van der Waals surface area (Å²) in [5.41, 5.74) is -1.83. The normalized spacial score (nSPS) is 9.20. The summed E-state index contributed by atoms with van der Waals surface area (Å²) in [6.45, 7) is 0. The summed E-state index contributed by atoms with van der Waals surface area (Å²) in [6, 6.07) is 0. The van der Waals surface area contributed by atoms with Crippen molar-refractivity contribution in [2.75, 3.05) is 5.84 Å². The molecule has 0 atom stereocenters. The van der Waals surface area contributed by atoms with Crippen molar-refractivity contribution in [1.29, 1.82) is 0 Å². The van der Waals surface area contributed by atoms with E-state index in [0.717, 1.165) is 17.3 Å². The molecule has 6 nitrogen and oxygen atoms in total. The molecular weight excluding hydrogens is 136 g/mol. The van der Waals surface area contributed by atoms with E-state index in [1.807, 2.05) is 0 Å². The lowest BCUT2D eigenvalue weighted by Crippen LogP contribution is -2.25. The minimum absolute atomic E-state index is 0.913. The first-order valence-corrected chi connectivity index (χ1v) is 2.40. The summed E-state index contributed by atoms with van der Waals surface area (Å²) in [4.78, 5) is 27.1. The third kappa shape index (κ3) is 1.16. The molecule has 52 valence electrons. The summed E-state index contributed by atoms with van der Waals surface area (Å²) in [6.07, 6.45) is 2.02. The molecule has 2 N–H and O–H groups in total. The Balaban J connectivity index is 3.58. The largest absolute Gasteiger partial charge is 0.338 e. The predicted octanol–water partition coefficient (Wildman–Crippen LogP) is -2.29. The molecular formula is C4H4N4O2. The summed E-state index contributed by atoms with van der Waals surface area (Å²) in [7, 11) is 0. The first-order chi connectivity index (χ1) is 4.70. The zero-order chi connectivity index (χ0) is 7.56. The highest BCUT2D eigenvalue weighted by atomic mass is 16.2. The zero-order valence-corrected chi connectivity index (χ0v) is 4.89. The second kappa shape index (κ2) is 2.26. The van der Waals surface area contributed by atoms with Gasteiger partial charge in [0.1, 0.15) is 12.7 Å². The van der Waals surface area contributed by atoms with E-state index in [9.17, 15) is 9.59 Å². The van der Waals surface area contributed by atoms with Gasteiger partial charge in [-0.1, -0.05) is 0 Å². The fourth-order valence-electron chi connectivity index (χ4n) is 0.378. The van der Waals surface area contributed by atoms with Crippen LogP contribution in [0.4, 0.5) is 0 Å². The van der Waals surface area contributed by atoms with Crippen LogP contribution in [0.3, 0.4) is 0 Å². The Morgan fingerprint density at radius 2 is 1.60 bits per heavy atom. The molecule has 0 unspecified atom stereocenters. The SMILES string of the molecule is Nn1cnc(=O)c(=O)nc1. The standard InChI is InChI=1S/C4H4N4O2/c5-8-1-6-3(9)4(10)7-2-8/h1-2H,5H2. The van der Waals surface area contributed by atoms with E-state index in [2.05, 4.69) is 9.97 Å². The van der Waals surface area contributed by atoms with E-state index >= 15 is 0 Å². The Morgan fingerprint density at radius 3 is 2.00 bits per heavy atom. The summed E-state index contributed by atoms with van der Waals surface area (Å²) in [5.74, 6) is 5.09. The van der Waals surface area contributed by atoms with E-state index in [1.54, 1.807) is 0 Å². The van der Waals surface area contributed by atoms with Gasteiger partial charge in [-0.05, 0) is 0 Å². The van der Waals surface area contributed by atoms with Crippen molar-refractivity contribution in [1.82, 2.24) is 14.6 Å². The smallest absolute Gasteiger partial charge is 0.337 e. The molecule has 0 amide bonds. The molecule has 1 aromatic heterocycles. The molecule has 0 fully saturated rings. The lowest BCUT2D eigenvalue weighted by molar-refractivity contribution is 0.928. The molecule has 1 aromatic rings. The van der Waals surface area contributed by atoms with Crippen LogP contribution in [-0.2, 0) is 0 Å². The molecule has 0 radical (unpaired) electrons. The van der Waals surface area contributed by atoms with Crippen LogP contribution >= 0.6 is 0 Å². The number of nitrogens with zero attached hydrogens (tertiary/aromatic N) is 3. The van der Waals surface area contributed by atoms with Crippen molar-refractivity contribution in [3.63, 3.8) is 0 Å². The fourth-order valence-corrected chi connectivity index (χ4v) is 0.378. The molecule has 0 bridgehead atoms. The average molecular weight is 140 g/mol. The molecule has 0 aliphatic heterocycles. The average Bonchev–Trinajstić information content (AvgIpc) is 2.04. The Bertz CT molecular complexity index is 311. The van der Waals surface area contributed by atoms with Gasteiger partial charge in [0.05, 0.1) is 0 Å². The summed E-state index contributed by atoms with van der Waals surface area (Å²) < 4.78 is 0.919. The van der Waals surface area contributed by atoms with Gasteiger partial charge in [0.2, 0.25) is 0 Å². The first-order valence-electron chi connectivity index (χ1n) is 2.40. The van der Waals surface area contributed by atoms with Crippen molar-refractivity contribution < 1.29 is 0 Å². The van der Waals surface area contributed by atoms with Crippen LogP contribution < -0.4 is 17.0 Å². The van der Waals surface area contributed by atoms with E-state index < -0.39 is 11.1 Å². The topological polar surface area (TPSA) is 90.9 Å². The first kappa shape index (κ1) is 6.40. The maximum absolute atomic E-state index is 10.4. The third-order valence-corrected chi connectivity index (χ3v) is 0.800. The van der Waals surface area contributed by atoms with E-state index in [1.165, 1.54) is 0 Å².